The SMILES string of the molecule is Cc1csc(C(=O)O)c1S(=O)(=O)N(CCC#N)C(C)C. The van der Waals surface area contributed by atoms with E-state index in [0.717, 1.165) is 15.6 Å². The van der Waals surface area contributed by atoms with Crippen LogP contribution in [0.4, 0.5) is 0 Å². The number of hydrogen-bond acceptors (Lipinski definition) is 5. The van der Waals surface area contributed by atoms with Crippen LogP contribution in [0.3, 0.4) is 0 Å². The van der Waals surface area contributed by atoms with Crippen molar-refractivity contribution in [2.75, 3.05) is 6.54 Å². The van der Waals surface area contributed by atoms with E-state index < -0.39 is 16.0 Å². The molecule has 0 saturated heterocycles. The van der Waals surface area contributed by atoms with E-state index in [4.69, 9.17) is 10.4 Å². The Kier molecular flexibility index (Phi) is 5.28. The molecule has 0 unspecified atom stereocenters. The molecule has 8 heteroatoms. The predicted molar refractivity (Wildman–Crippen MR) is 75.3 cm³/mol. The first kappa shape index (κ1) is 16.6. The number of thiophene rings is 1. The first-order chi connectivity index (χ1) is 9.23. The lowest BCUT2D eigenvalue weighted by Gasteiger charge is -2.25. The average Bonchev–Trinajstić information content (AvgIpc) is 2.71. The summed E-state index contributed by atoms with van der Waals surface area (Å²) in [4.78, 5) is 10.8. The molecule has 1 rings (SSSR count). The predicted octanol–water partition coefficient (Wildman–Crippen LogP) is 2.07. The van der Waals surface area contributed by atoms with Crippen molar-refractivity contribution in [1.29, 1.82) is 5.26 Å². The van der Waals surface area contributed by atoms with Crippen LogP contribution in [0.1, 0.15) is 35.5 Å². The molecule has 1 heterocycles. The minimum atomic E-state index is -3.92. The van der Waals surface area contributed by atoms with Gasteiger partial charge in [0.2, 0.25) is 10.0 Å². The highest BCUT2D eigenvalue weighted by atomic mass is 32.2. The Bertz CT molecular complexity index is 641. The number of carbonyl (C=O) groups is 1. The van der Waals surface area contributed by atoms with Gasteiger partial charge in [-0.1, -0.05) is 0 Å². The largest absolute Gasteiger partial charge is 0.477 e. The number of carboxylic acid groups (broad SMARTS) is 1. The van der Waals surface area contributed by atoms with Gasteiger partial charge in [-0.05, 0) is 31.7 Å². The van der Waals surface area contributed by atoms with Gasteiger partial charge >= 0.3 is 5.97 Å². The molecule has 1 aromatic rings. The Labute approximate surface area is 122 Å². The Morgan fingerprint density at radius 1 is 1.55 bits per heavy atom. The van der Waals surface area contributed by atoms with Gasteiger partial charge in [-0.2, -0.15) is 9.57 Å². The fraction of sp³-hybridized carbons (Fsp3) is 0.500. The van der Waals surface area contributed by atoms with E-state index in [9.17, 15) is 13.2 Å². The van der Waals surface area contributed by atoms with Crippen LogP contribution in [0, 0.1) is 18.3 Å². The van der Waals surface area contributed by atoms with E-state index in [1.54, 1.807) is 20.8 Å². The molecule has 0 fully saturated rings. The van der Waals surface area contributed by atoms with Crippen molar-refractivity contribution in [3.8, 4) is 6.07 Å². The summed E-state index contributed by atoms with van der Waals surface area (Å²) in [6.07, 6.45) is 0.0585. The zero-order chi connectivity index (χ0) is 15.5. The monoisotopic (exact) mass is 316 g/mol. The molecule has 110 valence electrons. The lowest BCUT2D eigenvalue weighted by Crippen LogP contribution is -2.38. The van der Waals surface area contributed by atoms with Crippen LogP contribution in [0.2, 0.25) is 0 Å². The van der Waals surface area contributed by atoms with Crippen LogP contribution in [0.15, 0.2) is 10.3 Å². The second-order valence-electron chi connectivity index (χ2n) is 4.50. The van der Waals surface area contributed by atoms with Crippen LogP contribution in [-0.4, -0.2) is 36.4 Å². The number of nitriles is 1. The highest BCUT2D eigenvalue weighted by Crippen LogP contribution is 2.30. The molecule has 0 saturated carbocycles. The Balaban J connectivity index is 3.38. The first-order valence-corrected chi connectivity index (χ1v) is 8.25. The molecule has 0 aromatic carbocycles. The third kappa shape index (κ3) is 3.17. The normalized spacial score (nSPS) is 11.8. The minimum Gasteiger partial charge on any atom is -0.477 e. The Hall–Kier alpha value is -1.43. The molecule has 0 radical (unpaired) electrons. The molecule has 0 spiro atoms. The van der Waals surface area contributed by atoms with Crippen molar-refractivity contribution in [1.82, 2.24) is 4.31 Å². The van der Waals surface area contributed by atoms with Crippen LogP contribution in [0.25, 0.3) is 0 Å². The lowest BCUT2D eigenvalue weighted by molar-refractivity contribution is 0.0698. The first-order valence-electron chi connectivity index (χ1n) is 5.93. The Morgan fingerprint density at radius 3 is 2.60 bits per heavy atom. The topological polar surface area (TPSA) is 98.5 Å². The molecule has 6 nitrogen and oxygen atoms in total. The summed E-state index contributed by atoms with van der Waals surface area (Å²) >= 11 is 0.894. The summed E-state index contributed by atoms with van der Waals surface area (Å²) in [5.41, 5.74) is 0.412. The summed E-state index contributed by atoms with van der Waals surface area (Å²) in [6.45, 7) is 5.00. The van der Waals surface area contributed by atoms with Crippen LogP contribution < -0.4 is 0 Å². The molecular formula is C12H16N2O4S2. The molecule has 20 heavy (non-hydrogen) atoms. The van der Waals surface area contributed by atoms with Crippen molar-refractivity contribution < 1.29 is 18.3 Å². The van der Waals surface area contributed by atoms with Gasteiger partial charge in [0.15, 0.2) is 0 Å². The average molecular weight is 316 g/mol. The van der Waals surface area contributed by atoms with Gasteiger partial charge in [0.25, 0.3) is 0 Å². The van der Waals surface area contributed by atoms with E-state index in [1.807, 2.05) is 6.07 Å². The van der Waals surface area contributed by atoms with Gasteiger partial charge in [0.1, 0.15) is 9.77 Å². The zero-order valence-corrected chi connectivity index (χ0v) is 13.1. The van der Waals surface area contributed by atoms with E-state index in [0.29, 0.717) is 5.56 Å². The highest BCUT2D eigenvalue weighted by molar-refractivity contribution is 7.89. The van der Waals surface area contributed by atoms with Gasteiger partial charge in [-0.25, -0.2) is 13.2 Å². The lowest BCUT2D eigenvalue weighted by atomic mass is 10.3. The van der Waals surface area contributed by atoms with Gasteiger partial charge in [-0.15, -0.1) is 11.3 Å². The molecule has 0 amide bonds. The minimum absolute atomic E-state index is 0.0465. The molecule has 0 aliphatic heterocycles. The van der Waals surface area contributed by atoms with Crippen LogP contribution >= 0.6 is 11.3 Å². The van der Waals surface area contributed by atoms with Gasteiger partial charge in [0, 0.05) is 19.0 Å². The van der Waals surface area contributed by atoms with Crippen molar-refractivity contribution in [3.05, 3.63) is 15.8 Å². The third-order valence-electron chi connectivity index (χ3n) is 2.70. The smallest absolute Gasteiger partial charge is 0.347 e. The van der Waals surface area contributed by atoms with E-state index in [1.165, 1.54) is 5.38 Å². The third-order valence-corrected chi connectivity index (χ3v) is 6.18. The molecule has 0 bridgehead atoms. The molecule has 1 aromatic heterocycles. The summed E-state index contributed by atoms with van der Waals surface area (Å²) in [6, 6.07) is 1.55. The quantitative estimate of drug-likeness (QED) is 0.866. The maximum atomic E-state index is 12.6. The van der Waals surface area contributed by atoms with E-state index in [2.05, 4.69) is 0 Å². The summed E-state index contributed by atoms with van der Waals surface area (Å²) in [5, 5.41) is 19.3. The van der Waals surface area contributed by atoms with E-state index in [-0.39, 0.29) is 28.8 Å². The van der Waals surface area contributed by atoms with Gasteiger partial charge in [0.05, 0.1) is 6.07 Å². The summed E-state index contributed by atoms with van der Waals surface area (Å²) in [5.74, 6) is -1.26. The molecule has 1 N–H and O–H groups in total. The highest BCUT2D eigenvalue weighted by Gasteiger charge is 2.33. The van der Waals surface area contributed by atoms with Crippen molar-refractivity contribution in [2.45, 2.75) is 38.1 Å². The molecule has 0 atom stereocenters. The number of hydrogen-bond donors (Lipinski definition) is 1. The fourth-order valence-electron chi connectivity index (χ4n) is 1.83. The van der Waals surface area contributed by atoms with Crippen LogP contribution in [0.5, 0.6) is 0 Å². The maximum absolute atomic E-state index is 12.6. The zero-order valence-electron chi connectivity index (χ0n) is 11.5. The van der Waals surface area contributed by atoms with Crippen molar-refractivity contribution >= 4 is 27.3 Å². The molecule has 0 aliphatic rings. The molecular weight excluding hydrogens is 300 g/mol. The summed E-state index contributed by atoms with van der Waals surface area (Å²) in [7, 11) is -3.92. The maximum Gasteiger partial charge on any atom is 0.347 e. The van der Waals surface area contributed by atoms with Crippen molar-refractivity contribution in [2.24, 2.45) is 0 Å². The fourth-order valence-corrected chi connectivity index (χ4v) is 5.06. The Morgan fingerprint density at radius 2 is 2.15 bits per heavy atom. The number of carboxylic acids is 1. The number of aryl methyl sites for hydroxylation is 1. The van der Waals surface area contributed by atoms with E-state index >= 15 is 0 Å². The number of rotatable bonds is 6. The second kappa shape index (κ2) is 6.35. The van der Waals surface area contributed by atoms with Gasteiger partial charge in [-0.3, -0.25) is 0 Å². The van der Waals surface area contributed by atoms with Crippen LogP contribution in [-0.2, 0) is 10.0 Å². The second-order valence-corrected chi connectivity index (χ2v) is 7.21. The number of sulfonamides is 1. The standard InChI is InChI=1S/C12H16N2O4S2/c1-8(2)14(6-4-5-13)20(17,18)11-9(3)7-19-10(11)12(15)16/h7-8H,4,6H2,1-3H3,(H,15,16). The van der Waals surface area contributed by atoms with Crippen molar-refractivity contribution in [3.63, 3.8) is 0 Å². The number of nitrogens with zero attached hydrogens (tertiary/aromatic N) is 2. The summed E-state index contributed by atoms with van der Waals surface area (Å²) < 4.78 is 26.5. The number of aromatic carboxylic acids is 1. The van der Waals surface area contributed by atoms with Gasteiger partial charge < -0.3 is 5.11 Å². The molecule has 0 aliphatic carbocycles.